The van der Waals surface area contributed by atoms with Crippen LogP contribution in [0.4, 0.5) is 0 Å². The zero-order valence-corrected chi connectivity index (χ0v) is 10.6. The number of esters is 1. The van der Waals surface area contributed by atoms with E-state index in [0.29, 0.717) is 0 Å². The molecule has 0 bridgehead atoms. The van der Waals surface area contributed by atoms with E-state index in [0.717, 1.165) is 24.7 Å². The normalized spacial score (nSPS) is 34.6. The van der Waals surface area contributed by atoms with Gasteiger partial charge in [0.1, 0.15) is 6.10 Å². The third-order valence-corrected chi connectivity index (χ3v) is 4.25. The van der Waals surface area contributed by atoms with Gasteiger partial charge in [-0.25, -0.2) is 0 Å². The smallest absolute Gasteiger partial charge is 0.308 e. The van der Waals surface area contributed by atoms with Crippen molar-refractivity contribution in [2.75, 3.05) is 0 Å². The van der Waals surface area contributed by atoms with E-state index in [2.05, 4.69) is 0 Å². The summed E-state index contributed by atoms with van der Waals surface area (Å²) in [5.74, 6) is 1.78. The highest BCUT2D eigenvalue weighted by Gasteiger charge is 2.33. The molecule has 0 amide bonds. The van der Waals surface area contributed by atoms with E-state index in [1.165, 1.54) is 32.1 Å². The fraction of sp³-hybridized carbons (Fsp3) is 0.929. The van der Waals surface area contributed by atoms with E-state index in [1.54, 1.807) is 0 Å². The van der Waals surface area contributed by atoms with Crippen molar-refractivity contribution in [3.63, 3.8) is 0 Å². The molecule has 2 saturated carbocycles. The summed E-state index contributed by atoms with van der Waals surface area (Å²) < 4.78 is 5.56. The summed E-state index contributed by atoms with van der Waals surface area (Å²) in [6, 6.07) is 0. The number of rotatable bonds is 2. The minimum Gasteiger partial charge on any atom is -0.462 e. The van der Waals surface area contributed by atoms with Crippen LogP contribution < -0.4 is 0 Å². The fourth-order valence-corrected chi connectivity index (χ4v) is 3.24. The zero-order valence-electron chi connectivity index (χ0n) is 10.6. The van der Waals surface area contributed by atoms with Crippen LogP contribution in [0.3, 0.4) is 0 Å². The first-order valence-electron chi connectivity index (χ1n) is 6.87. The molecule has 0 N–H and O–H groups in total. The molecule has 2 aliphatic rings. The molecule has 92 valence electrons. The van der Waals surface area contributed by atoms with E-state index < -0.39 is 0 Å². The average Bonchev–Trinajstić information content (AvgIpc) is 2.28. The Hall–Kier alpha value is -0.530. The van der Waals surface area contributed by atoms with Crippen LogP contribution in [0.2, 0.25) is 0 Å². The zero-order chi connectivity index (χ0) is 11.5. The summed E-state index contributed by atoms with van der Waals surface area (Å²) >= 11 is 0. The van der Waals surface area contributed by atoms with Crippen LogP contribution >= 0.6 is 0 Å². The number of hydrogen-bond acceptors (Lipinski definition) is 2. The number of hydrogen-bond donors (Lipinski definition) is 0. The summed E-state index contributed by atoms with van der Waals surface area (Å²) in [7, 11) is 0. The van der Waals surface area contributed by atoms with E-state index >= 15 is 0 Å². The second-order valence-corrected chi connectivity index (χ2v) is 5.83. The van der Waals surface area contributed by atoms with Gasteiger partial charge in [0.2, 0.25) is 0 Å². The molecule has 3 atom stereocenters. The molecule has 0 aromatic carbocycles. The Labute approximate surface area is 98.7 Å². The maximum atomic E-state index is 11.5. The summed E-state index contributed by atoms with van der Waals surface area (Å²) in [5.41, 5.74) is 0. The van der Waals surface area contributed by atoms with Crippen LogP contribution in [0.1, 0.15) is 58.8 Å². The lowest BCUT2D eigenvalue weighted by Gasteiger charge is -2.39. The standard InChI is InChI=1S/C14H24O2/c1-10(2)14(15)16-13-8-7-11-5-3-4-6-12(11)9-13/h10-13H,3-9H2,1-2H3. The highest BCUT2D eigenvalue weighted by atomic mass is 16.5. The van der Waals surface area contributed by atoms with E-state index in [-0.39, 0.29) is 18.0 Å². The van der Waals surface area contributed by atoms with Crippen LogP contribution in [-0.4, -0.2) is 12.1 Å². The molecular formula is C14H24O2. The van der Waals surface area contributed by atoms with Crippen LogP contribution in [0.5, 0.6) is 0 Å². The lowest BCUT2D eigenvalue weighted by Crippen LogP contribution is -2.33. The molecule has 0 saturated heterocycles. The van der Waals surface area contributed by atoms with Gasteiger partial charge in [-0.2, -0.15) is 0 Å². The lowest BCUT2D eigenvalue weighted by molar-refractivity contribution is -0.156. The second-order valence-electron chi connectivity index (χ2n) is 5.83. The van der Waals surface area contributed by atoms with Crippen LogP contribution in [0, 0.1) is 17.8 Å². The molecule has 0 radical (unpaired) electrons. The molecule has 16 heavy (non-hydrogen) atoms. The van der Waals surface area contributed by atoms with Gasteiger partial charge in [-0.15, -0.1) is 0 Å². The van der Waals surface area contributed by atoms with Crippen molar-refractivity contribution in [2.24, 2.45) is 17.8 Å². The minimum atomic E-state index is -0.0146. The SMILES string of the molecule is CC(C)C(=O)OC1CCC2CCCCC2C1. The molecule has 2 aliphatic carbocycles. The van der Waals surface area contributed by atoms with E-state index in [1.807, 2.05) is 13.8 Å². The highest BCUT2D eigenvalue weighted by Crippen LogP contribution is 2.41. The number of fused-ring (bicyclic) bond motifs is 1. The van der Waals surface area contributed by atoms with Gasteiger partial charge < -0.3 is 4.74 Å². The quantitative estimate of drug-likeness (QED) is 0.671. The first-order chi connectivity index (χ1) is 7.66. The van der Waals surface area contributed by atoms with Crippen molar-refractivity contribution >= 4 is 5.97 Å². The molecule has 2 fully saturated rings. The fourth-order valence-electron chi connectivity index (χ4n) is 3.24. The van der Waals surface area contributed by atoms with E-state index in [4.69, 9.17) is 4.74 Å². The molecule has 3 unspecified atom stereocenters. The average molecular weight is 224 g/mol. The van der Waals surface area contributed by atoms with Crippen molar-refractivity contribution in [2.45, 2.75) is 64.9 Å². The molecular weight excluding hydrogens is 200 g/mol. The van der Waals surface area contributed by atoms with Gasteiger partial charge in [0.25, 0.3) is 0 Å². The monoisotopic (exact) mass is 224 g/mol. The first-order valence-corrected chi connectivity index (χ1v) is 6.87. The predicted octanol–water partition coefficient (Wildman–Crippen LogP) is 3.54. The molecule has 2 nitrogen and oxygen atoms in total. The molecule has 2 rings (SSSR count). The van der Waals surface area contributed by atoms with Gasteiger partial charge >= 0.3 is 5.97 Å². The molecule has 0 aliphatic heterocycles. The topological polar surface area (TPSA) is 26.3 Å². The van der Waals surface area contributed by atoms with E-state index in [9.17, 15) is 4.79 Å². The maximum Gasteiger partial charge on any atom is 0.308 e. The number of ether oxygens (including phenoxy) is 1. The second kappa shape index (κ2) is 5.20. The van der Waals surface area contributed by atoms with Crippen LogP contribution in [-0.2, 0) is 9.53 Å². The number of carbonyl (C=O) groups is 1. The third-order valence-electron chi connectivity index (χ3n) is 4.25. The highest BCUT2D eigenvalue weighted by molar-refractivity contribution is 5.71. The Morgan fingerprint density at radius 3 is 2.44 bits per heavy atom. The Kier molecular flexibility index (Phi) is 3.88. The number of carbonyl (C=O) groups excluding carboxylic acids is 1. The molecule has 2 heteroatoms. The summed E-state index contributed by atoms with van der Waals surface area (Å²) in [4.78, 5) is 11.5. The Morgan fingerprint density at radius 1 is 1.06 bits per heavy atom. The Balaban J connectivity index is 1.83. The lowest BCUT2D eigenvalue weighted by atomic mass is 9.70. The van der Waals surface area contributed by atoms with Gasteiger partial charge in [-0.1, -0.05) is 39.5 Å². The molecule has 0 heterocycles. The third kappa shape index (κ3) is 2.78. The summed E-state index contributed by atoms with van der Waals surface area (Å²) in [6.07, 6.45) is 9.29. The minimum absolute atomic E-state index is 0.0146. The molecule has 0 aromatic rings. The molecule has 0 spiro atoms. The van der Waals surface area contributed by atoms with Gasteiger partial charge in [0, 0.05) is 0 Å². The summed E-state index contributed by atoms with van der Waals surface area (Å²) in [5, 5.41) is 0. The maximum absolute atomic E-state index is 11.5. The van der Waals surface area contributed by atoms with Crippen molar-refractivity contribution in [1.29, 1.82) is 0 Å². The van der Waals surface area contributed by atoms with Gasteiger partial charge in [-0.3, -0.25) is 4.79 Å². The van der Waals surface area contributed by atoms with Crippen LogP contribution in [0.15, 0.2) is 0 Å². The van der Waals surface area contributed by atoms with Crippen molar-refractivity contribution in [3.8, 4) is 0 Å². The van der Waals surface area contributed by atoms with Crippen LogP contribution in [0.25, 0.3) is 0 Å². The predicted molar refractivity (Wildman–Crippen MR) is 64.0 cm³/mol. The van der Waals surface area contributed by atoms with Crippen molar-refractivity contribution < 1.29 is 9.53 Å². The van der Waals surface area contributed by atoms with Crippen molar-refractivity contribution in [1.82, 2.24) is 0 Å². The summed E-state index contributed by atoms with van der Waals surface area (Å²) in [6.45, 7) is 3.82. The van der Waals surface area contributed by atoms with Gasteiger partial charge in [0.15, 0.2) is 0 Å². The van der Waals surface area contributed by atoms with Gasteiger partial charge in [-0.05, 0) is 31.1 Å². The largest absolute Gasteiger partial charge is 0.462 e. The molecule has 0 aromatic heterocycles. The van der Waals surface area contributed by atoms with Crippen molar-refractivity contribution in [3.05, 3.63) is 0 Å². The Morgan fingerprint density at radius 2 is 1.75 bits per heavy atom. The first kappa shape index (κ1) is 11.9. The Bertz CT molecular complexity index is 247. The van der Waals surface area contributed by atoms with Gasteiger partial charge in [0.05, 0.1) is 5.92 Å².